The Labute approximate surface area is 62.0 Å². The third-order valence-electron chi connectivity index (χ3n) is 1.09. The number of unbranched alkanes of at least 4 members (excludes halogenated alkanes) is 2. The van der Waals surface area contributed by atoms with Crippen LogP contribution in [0.4, 0.5) is 0 Å². The van der Waals surface area contributed by atoms with Crippen LogP contribution in [0.5, 0.6) is 0 Å². The lowest BCUT2D eigenvalue weighted by Crippen LogP contribution is -2.16. The number of allylic oxidation sites excluding steroid dienone is 1. The maximum Gasteiger partial charge on any atom is 0.209 e. The fraction of sp³-hybridized carbons (Fsp3) is 0.667. The van der Waals surface area contributed by atoms with Crippen LogP contribution in [0.3, 0.4) is 0 Å². The van der Waals surface area contributed by atoms with E-state index >= 15 is 0 Å². The summed E-state index contributed by atoms with van der Waals surface area (Å²) in [5.41, 5.74) is 0. The molecule has 0 aliphatic rings. The van der Waals surface area contributed by atoms with Crippen molar-refractivity contribution >= 4 is 10.0 Å². The van der Waals surface area contributed by atoms with Gasteiger partial charge < -0.3 is 0 Å². The molecule has 0 aromatic heterocycles. The molecule has 2 N–H and O–H groups in total. The number of rotatable bonds is 5. The van der Waals surface area contributed by atoms with Crippen LogP contribution in [-0.2, 0) is 10.0 Å². The lowest BCUT2D eigenvalue weighted by molar-refractivity contribution is 0.593. The van der Waals surface area contributed by atoms with Crippen molar-refractivity contribution in [3.63, 3.8) is 0 Å². The average molecular weight is 163 g/mol. The molecule has 0 aromatic carbocycles. The van der Waals surface area contributed by atoms with Gasteiger partial charge in [-0.05, 0) is 19.3 Å². The lowest BCUT2D eigenvalue weighted by atomic mass is 10.2. The van der Waals surface area contributed by atoms with E-state index < -0.39 is 10.0 Å². The summed E-state index contributed by atoms with van der Waals surface area (Å²) in [6.07, 6.45) is 4.10. The zero-order valence-electron chi connectivity index (χ0n) is 5.91. The second kappa shape index (κ2) is 4.46. The van der Waals surface area contributed by atoms with E-state index in [9.17, 15) is 8.42 Å². The molecule has 0 amide bonds. The molecule has 0 aromatic rings. The first-order valence-corrected chi connectivity index (χ1v) is 4.89. The highest BCUT2D eigenvalue weighted by Crippen LogP contribution is 1.96. The number of sulfonamides is 1. The van der Waals surface area contributed by atoms with Gasteiger partial charge in [0, 0.05) is 0 Å². The Kier molecular flexibility index (Phi) is 4.31. The molecular weight excluding hydrogens is 150 g/mol. The van der Waals surface area contributed by atoms with E-state index in [0.29, 0.717) is 6.42 Å². The lowest BCUT2D eigenvalue weighted by Gasteiger charge is -1.94. The quantitative estimate of drug-likeness (QED) is 0.477. The Hall–Kier alpha value is -0.350. The molecule has 60 valence electrons. The van der Waals surface area contributed by atoms with Crippen molar-refractivity contribution in [1.29, 1.82) is 0 Å². The van der Waals surface area contributed by atoms with E-state index in [2.05, 4.69) is 6.58 Å². The topological polar surface area (TPSA) is 60.2 Å². The normalized spacial score (nSPS) is 11.3. The van der Waals surface area contributed by atoms with Crippen LogP contribution in [0.1, 0.15) is 19.3 Å². The van der Waals surface area contributed by atoms with Crippen LogP contribution in [-0.4, -0.2) is 14.2 Å². The van der Waals surface area contributed by atoms with Gasteiger partial charge in [0.1, 0.15) is 0 Å². The third-order valence-corrected chi connectivity index (χ3v) is 1.94. The van der Waals surface area contributed by atoms with Crippen LogP contribution in [0, 0.1) is 0 Å². The zero-order chi connectivity index (χ0) is 8.04. The van der Waals surface area contributed by atoms with Crippen molar-refractivity contribution in [2.24, 2.45) is 5.14 Å². The second-order valence-corrected chi connectivity index (χ2v) is 3.89. The number of primary sulfonamides is 1. The van der Waals surface area contributed by atoms with E-state index in [0.717, 1.165) is 12.8 Å². The van der Waals surface area contributed by atoms with Gasteiger partial charge in [-0.1, -0.05) is 6.08 Å². The van der Waals surface area contributed by atoms with Crippen molar-refractivity contribution in [3.8, 4) is 0 Å². The molecule has 0 fully saturated rings. The fourth-order valence-electron chi connectivity index (χ4n) is 0.592. The summed E-state index contributed by atoms with van der Waals surface area (Å²) in [6, 6.07) is 0. The molecule has 0 spiro atoms. The van der Waals surface area contributed by atoms with Gasteiger partial charge in [0.15, 0.2) is 0 Å². The molecule has 0 atom stereocenters. The van der Waals surface area contributed by atoms with E-state index in [4.69, 9.17) is 5.14 Å². The second-order valence-electron chi connectivity index (χ2n) is 2.15. The van der Waals surface area contributed by atoms with Crippen LogP contribution in [0.25, 0.3) is 0 Å². The summed E-state index contributed by atoms with van der Waals surface area (Å²) in [5.74, 6) is 0.0842. The van der Waals surface area contributed by atoms with E-state index in [1.807, 2.05) is 0 Å². The highest BCUT2D eigenvalue weighted by molar-refractivity contribution is 7.89. The van der Waals surface area contributed by atoms with Crippen molar-refractivity contribution < 1.29 is 8.42 Å². The van der Waals surface area contributed by atoms with Crippen molar-refractivity contribution in [1.82, 2.24) is 0 Å². The molecule has 0 rings (SSSR count). The SMILES string of the molecule is C=CCCCCS(N)(=O)=O. The summed E-state index contributed by atoms with van der Waals surface area (Å²) < 4.78 is 20.7. The smallest absolute Gasteiger partial charge is 0.209 e. The zero-order valence-corrected chi connectivity index (χ0v) is 6.73. The first-order chi connectivity index (χ1) is 4.56. The van der Waals surface area contributed by atoms with Crippen LogP contribution < -0.4 is 5.14 Å². The summed E-state index contributed by atoms with van der Waals surface area (Å²) in [4.78, 5) is 0. The molecule has 0 heterocycles. The average Bonchev–Trinajstić information content (AvgIpc) is 1.78. The molecule has 3 nitrogen and oxygen atoms in total. The standard InChI is InChI=1S/C6H13NO2S/c1-2-3-4-5-6-10(7,8)9/h2H,1,3-6H2,(H2,7,8,9). The Morgan fingerprint density at radius 3 is 2.40 bits per heavy atom. The molecular formula is C6H13NO2S. The van der Waals surface area contributed by atoms with E-state index in [1.165, 1.54) is 0 Å². The molecule has 10 heavy (non-hydrogen) atoms. The fourth-order valence-corrected chi connectivity index (χ4v) is 1.20. The Morgan fingerprint density at radius 1 is 1.40 bits per heavy atom. The minimum Gasteiger partial charge on any atom is -0.229 e. The Morgan fingerprint density at radius 2 is 2.00 bits per heavy atom. The molecule has 4 heteroatoms. The van der Waals surface area contributed by atoms with Gasteiger partial charge in [-0.25, -0.2) is 13.6 Å². The molecule has 0 saturated carbocycles. The minimum absolute atomic E-state index is 0.0842. The van der Waals surface area contributed by atoms with Gasteiger partial charge in [0.05, 0.1) is 5.75 Å². The van der Waals surface area contributed by atoms with Gasteiger partial charge in [0.2, 0.25) is 10.0 Å². The van der Waals surface area contributed by atoms with E-state index in [-0.39, 0.29) is 5.75 Å². The van der Waals surface area contributed by atoms with Gasteiger partial charge in [0.25, 0.3) is 0 Å². The van der Waals surface area contributed by atoms with Crippen molar-refractivity contribution in [2.75, 3.05) is 5.75 Å². The number of hydrogen-bond acceptors (Lipinski definition) is 2. The molecule has 0 radical (unpaired) electrons. The first-order valence-electron chi connectivity index (χ1n) is 3.17. The Bertz CT molecular complexity index is 184. The van der Waals surface area contributed by atoms with Crippen LogP contribution in [0.15, 0.2) is 12.7 Å². The predicted molar refractivity (Wildman–Crippen MR) is 42.0 cm³/mol. The molecule has 0 aliphatic heterocycles. The highest BCUT2D eigenvalue weighted by Gasteiger charge is 1.99. The largest absolute Gasteiger partial charge is 0.229 e. The minimum atomic E-state index is -3.24. The highest BCUT2D eigenvalue weighted by atomic mass is 32.2. The Balaban J connectivity index is 3.29. The number of hydrogen-bond donors (Lipinski definition) is 1. The summed E-state index contributed by atoms with van der Waals surface area (Å²) in [5, 5.41) is 4.76. The van der Waals surface area contributed by atoms with Crippen molar-refractivity contribution in [3.05, 3.63) is 12.7 Å². The monoisotopic (exact) mass is 163 g/mol. The van der Waals surface area contributed by atoms with Crippen molar-refractivity contribution in [2.45, 2.75) is 19.3 Å². The van der Waals surface area contributed by atoms with Crippen LogP contribution in [0.2, 0.25) is 0 Å². The van der Waals surface area contributed by atoms with Gasteiger partial charge >= 0.3 is 0 Å². The summed E-state index contributed by atoms with van der Waals surface area (Å²) in [7, 11) is -3.24. The maximum atomic E-state index is 10.3. The third kappa shape index (κ3) is 7.65. The molecule has 0 unspecified atom stereocenters. The van der Waals surface area contributed by atoms with Gasteiger partial charge in [-0.2, -0.15) is 0 Å². The first kappa shape index (κ1) is 9.65. The number of nitrogens with two attached hydrogens (primary N) is 1. The summed E-state index contributed by atoms with van der Waals surface area (Å²) >= 11 is 0. The molecule has 0 bridgehead atoms. The van der Waals surface area contributed by atoms with E-state index in [1.54, 1.807) is 6.08 Å². The van der Waals surface area contributed by atoms with Gasteiger partial charge in [-0.3, -0.25) is 0 Å². The van der Waals surface area contributed by atoms with Crippen LogP contribution >= 0.6 is 0 Å². The molecule has 0 saturated heterocycles. The maximum absolute atomic E-state index is 10.3. The predicted octanol–water partition coefficient (Wildman–Crippen LogP) is 0.631. The summed E-state index contributed by atoms with van der Waals surface area (Å²) in [6.45, 7) is 3.51. The van der Waals surface area contributed by atoms with Gasteiger partial charge in [-0.15, -0.1) is 6.58 Å². The molecule has 0 aliphatic carbocycles.